The highest BCUT2D eigenvalue weighted by atomic mass is 19.4. The van der Waals surface area contributed by atoms with E-state index >= 15 is 0 Å². The van der Waals surface area contributed by atoms with Gasteiger partial charge in [0.25, 0.3) is 0 Å². The first kappa shape index (κ1) is 16.0. The van der Waals surface area contributed by atoms with E-state index in [-0.39, 0.29) is 18.7 Å². The molecule has 0 radical (unpaired) electrons. The van der Waals surface area contributed by atoms with E-state index in [1.807, 2.05) is 0 Å². The van der Waals surface area contributed by atoms with Crippen molar-refractivity contribution < 1.29 is 27.6 Å². The lowest BCUT2D eigenvalue weighted by molar-refractivity contribution is -0.173. The van der Waals surface area contributed by atoms with Crippen molar-refractivity contribution in [3.8, 4) is 0 Å². The number of anilines is 1. The Morgan fingerprint density at radius 1 is 1.32 bits per heavy atom. The summed E-state index contributed by atoms with van der Waals surface area (Å²) in [5.74, 6) is -2.55. The molecule has 118 valence electrons. The zero-order chi connectivity index (χ0) is 16.5. The molecule has 0 unspecified atom stereocenters. The molecule has 1 heterocycles. The third kappa shape index (κ3) is 3.26. The number of amides is 2. The number of carbonyl (C=O) groups is 3. The lowest BCUT2D eigenvalue weighted by Gasteiger charge is -2.10. The maximum atomic E-state index is 12.0. The van der Waals surface area contributed by atoms with E-state index in [0.717, 1.165) is 0 Å². The number of nitrogens with one attached hydrogen (secondary N) is 1. The average molecular weight is 314 g/mol. The van der Waals surface area contributed by atoms with Gasteiger partial charge in [0.2, 0.25) is 5.91 Å². The van der Waals surface area contributed by atoms with Gasteiger partial charge in [-0.2, -0.15) is 13.2 Å². The first-order chi connectivity index (χ1) is 10.2. The smallest absolute Gasteiger partial charge is 0.348 e. The summed E-state index contributed by atoms with van der Waals surface area (Å²) >= 11 is 0. The molecule has 0 aliphatic carbocycles. The van der Waals surface area contributed by atoms with Crippen LogP contribution in [0.3, 0.4) is 0 Å². The average Bonchev–Trinajstić information content (AvgIpc) is 2.72. The molecule has 1 aromatic carbocycles. The molecule has 5 nitrogen and oxygen atoms in total. The minimum Gasteiger partial charge on any atom is -0.348 e. The van der Waals surface area contributed by atoms with Gasteiger partial charge in [0.15, 0.2) is 5.78 Å². The van der Waals surface area contributed by atoms with Crippen molar-refractivity contribution in [2.75, 3.05) is 18.5 Å². The van der Waals surface area contributed by atoms with Crippen LogP contribution < -0.4 is 10.2 Å². The monoisotopic (exact) mass is 314 g/mol. The van der Waals surface area contributed by atoms with Gasteiger partial charge in [-0.3, -0.25) is 14.4 Å². The number of halogens is 3. The number of ketones is 1. The number of Topliss-reactive ketones (excluding diaryl/α,β-unsaturated/α-hetero) is 1. The molecule has 0 atom stereocenters. The Morgan fingerprint density at radius 2 is 2.00 bits per heavy atom. The van der Waals surface area contributed by atoms with Crippen LogP contribution in [0, 0.1) is 0 Å². The van der Waals surface area contributed by atoms with E-state index in [1.165, 1.54) is 11.0 Å². The normalized spacial score (nSPS) is 14.0. The van der Waals surface area contributed by atoms with Gasteiger partial charge in [-0.25, -0.2) is 0 Å². The van der Waals surface area contributed by atoms with E-state index in [0.29, 0.717) is 16.8 Å². The highest BCUT2D eigenvalue weighted by Crippen LogP contribution is 2.28. The number of nitrogens with zero attached hydrogens (tertiary/aromatic N) is 1. The van der Waals surface area contributed by atoms with E-state index in [9.17, 15) is 27.6 Å². The molecule has 1 N–H and O–H groups in total. The molecule has 0 spiro atoms. The molecular formula is C14H13F3N2O3. The minimum absolute atomic E-state index is 0.0861. The Kier molecular flexibility index (Phi) is 4.20. The van der Waals surface area contributed by atoms with Crippen LogP contribution in [-0.2, 0) is 16.0 Å². The summed E-state index contributed by atoms with van der Waals surface area (Å²) in [5, 5.41) is 1.64. The number of benzene rings is 1. The Labute approximate surface area is 124 Å². The number of carbonyl (C=O) groups excluding carboxylic acids is 3. The largest absolute Gasteiger partial charge is 0.471 e. The van der Waals surface area contributed by atoms with Gasteiger partial charge in [-0.1, -0.05) is 0 Å². The maximum Gasteiger partial charge on any atom is 0.471 e. The van der Waals surface area contributed by atoms with Crippen molar-refractivity contribution in [1.29, 1.82) is 0 Å². The lowest BCUT2D eigenvalue weighted by atomic mass is 10.0. The van der Waals surface area contributed by atoms with Gasteiger partial charge in [0.05, 0.1) is 6.42 Å². The van der Waals surface area contributed by atoms with Crippen molar-refractivity contribution in [1.82, 2.24) is 5.32 Å². The number of alkyl halides is 3. The molecule has 2 amide bonds. The third-order valence-electron chi connectivity index (χ3n) is 3.37. The number of hydrogen-bond acceptors (Lipinski definition) is 3. The predicted octanol–water partition coefficient (Wildman–Crippen LogP) is 1.46. The summed E-state index contributed by atoms with van der Waals surface area (Å²) in [6.07, 6.45) is -5.01. The molecule has 0 aromatic heterocycles. The second-order valence-electron chi connectivity index (χ2n) is 4.90. The summed E-state index contributed by atoms with van der Waals surface area (Å²) < 4.78 is 36.0. The lowest BCUT2D eigenvalue weighted by Crippen LogP contribution is -2.37. The molecule has 1 aliphatic heterocycles. The van der Waals surface area contributed by atoms with Crippen molar-refractivity contribution in [3.05, 3.63) is 29.3 Å². The summed E-state index contributed by atoms with van der Waals surface area (Å²) in [5.41, 5.74) is 1.73. The molecular weight excluding hydrogens is 301 g/mol. The fourth-order valence-corrected chi connectivity index (χ4v) is 2.18. The van der Waals surface area contributed by atoms with Crippen molar-refractivity contribution in [3.63, 3.8) is 0 Å². The van der Waals surface area contributed by atoms with Gasteiger partial charge in [0.1, 0.15) is 0 Å². The zero-order valence-corrected chi connectivity index (χ0v) is 11.7. The highest BCUT2D eigenvalue weighted by molar-refractivity contribution is 6.03. The molecule has 0 saturated heterocycles. The van der Waals surface area contributed by atoms with E-state index < -0.39 is 24.4 Å². The minimum atomic E-state index is -4.96. The Balaban J connectivity index is 1.96. The van der Waals surface area contributed by atoms with Crippen LogP contribution in [-0.4, -0.2) is 37.4 Å². The maximum absolute atomic E-state index is 12.0. The topological polar surface area (TPSA) is 66.5 Å². The third-order valence-corrected chi connectivity index (χ3v) is 3.37. The highest BCUT2D eigenvalue weighted by Gasteiger charge is 2.38. The van der Waals surface area contributed by atoms with Crippen molar-refractivity contribution in [2.24, 2.45) is 0 Å². The van der Waals surface area contributed by atoms with Crippen LogP contribution in [0.25, 0.3) is 0 Å². The standard InChI is InChI=1S/C14H13F3N2O3/c1-19-10-3-2-8(6-9(10)7-12(19)21)11(20)4-5-18-13(22)14(15,16)17/h2-3,6H,4-5,7H2,1H3,(H,18,22). The number of rotatable bonds is 4. The second kappa shape index (κ2) is 5.78. The summed E-state index contributed by atoms with van der Waals surface area (Å²) in [6, 6.07) is 4.70. The predicted molar refractivity (Wildman–Crippen MR) is 71.6 cm³/mol. The zero-order valence-electron chi connectivity index (χ0n) is 11.7. The first-order valence-electron chi connectivity index (χ1n) is 6.48. The number of likely N-dealkylation sites (N-methyl/N-ethyl adjacent to an activating group) is 1. The van der Waals surface area contributed by atoms with Crippen LogP contribution in [0.4, 0.5) is 18.9 Å². The second-order valence-corrected chi connectivity index (χ2v) is 4.90. The first-order valence-corrected chi connectivity index (χ1v) is 6.48. The van der Waals surface area contributed by atoms with Gasteiger partial charge in [-0.05, 0) is 23.8 Å². The summed E-state index contributed by atoms with van der Waals surface area (Å²) in [4.78, 5) is 35.5. The van der Waals surface area contributed by atoms with E-state index in [1.54, 1.807) is 24.5 Å². The fourth-order valence-electron chi connectivity index (χ4n) is 2.18. The van der Waals surface area contributed by atoms with Crippen LogP contribution >= 0.6 is 0 Å². The molecule has 8 heteroatoms. The molecule has 1 aliphatic rings. The van der Waals surface area contributed by atoms with Crippen LogP contribution in [0.1, 0.15) is 22.3 Å². The van der Waals surface area contributed by atoms with Crippen LogP contribution in [0.5, 0.6) is 0 Å². The fraction of sp³-hybridized carbons (Fsp3) is 0.357. The Morgan fingerprint density at radius 3 is 2.64 bits per heavy atom. The quantitative estimate of drug-likeness (QED) is 0.856. The van der Waals surface area contributed by atoms with Crippen LogP contribution in [0.15, 0.2) is 18.2 Å². The molecule has 0 saturated carbocycles. The van der Waals surface area contributed by atoms with Crippen LogP contribution in [0.2, 0.25) is 0 Å². The SMILES string of the molecule is CN1C(=O)Cc2cc(C(=O)CCNC(=O)C(F)(F)F)ccc21. The Hall–Kier alpha value is -2.38. The summed E-state index contributed by atoms with van der Waals surface area (Å²) in [7, 11) is 1.63. The van der Waals surface area contributed by atoms with Gasteiger partial charge < -0.3 is 10.2 Å². The molecule has 0 fully saturated rings. The molecule has 0 bridgehead atoms. The van der Waals surface area contributed by atoms with Crippen molar-refractivity contribution in [2.45, 2.75) is 19.0 Å². The summed E-state index contributed by atoms with van der Waals surface area (Å²) in [6.45, 7) is -0.396. The van der Waals surface area contributed by atoms with Gasteiger partial charge in [-0.15, -0.1) is 0 Å². The van der Waals surface area contributed by atoms with E-state index in [4.69, 9.17) is 0 Å². The van der Waals surface area contributed by atoms with Crippen molar-refractivity contribution >= 4 is 23.3 Å². The molecule has 22 heavy (non-hydrogen) atoms. The van der Waals surface area contributed by atoms with Gasteiger partial charge >= 0.3 is 12.1 Å². The number of hydrogen-bond donors (Lipinski definition) is 1. The molecule has 1 aromatic rings. The molecule has 2 rings (SSSR count). The number of fused-ring (bicyclic) bond motifs is 1. The Bertz CT molecular complexity index is 641. The van der Waals surface area contributed by atoms with E-state index in [2.05, 4.69) is 0 Å². The van der Waals surface area contributed by atoms with Gasteiger partial charge in [0, 0.05) is 31.3 Å².